The van der Waals surface area contributed by atoms with E-state index in [2.05, 4.69) is 10.1 Å². The standard InChI is InChI=1S/C11H13FN4/c1-2-16-9(5-7-15-16)10(13)11-8(12)4-3-6-14-11/h3-7,10H,2,13H2,1H3. The number of hydrogen-bond acceptors (Lipinski definition) is 3. The Hall–Kier alpha value is -1.75. The van der Waals surface area contributed by atoms with Crippen molar-refractivity contribution in [1.82, 2.24) is 14.8 Å². The van der Waals surface area contributed by atoms with E-state index in [4.69, 9.17) is 5.73 Å². The van der Waals surface area contributed by atoms with Gasteiger partial charge in [0.25, 0.3) is 0 Å². The summed E-state index contributed by atoms with van der Waals surface area (Å²) in [6.07, 6.45) is 3.18. The van der Waals surface area contributed by atoms with Gasteiger partial charge in [-0.05, 0) is 25.1 Å². The molecule has 0 radical (unpaired) electrons. The Morgan fingerprint density at radius 3 is 2.94 bits per heavy atom. The monoisotopic (exact) mass is 220 g/mol. The molecule has 0 fully saturated rings. The zero-order valence-electron chi connectivity index (χ0n) is 8.97. The van der Waals surface area contributed by atoms with E-state index in [1.807, 2.05) is 6.92 Å². The maximum absolute atomic E-state index is 13.5. The normalized spacial score (nSPS) is 12.7. The quantitative estimate of drug-likeness (QED) is 0.852. The summed E-state index contributed by atoms with van der Waals surface area (Å²) in [5.41, 5.74) is 6.99. The first kappa shape index (κ1) is 10.8. The van der Waals surface area contributed by atoms with Crippen molar-refractivity contribution in [3.8, 4) is 0 Å². The van der Waals surface area contributed by atoms with Crippen LogP contribution in [0.15, 0.2) is 30.6 Å². The number of aryl methyl sites for hydroxylation is 1. The van der Waals surface area contributed by atoms with Crippen LogP contribution in [0.1, 0.15) is 24.4 Å². The maximum Gasteiger partial charge on any atom is 0.146 e. The van der Waals surface area contributed by atoms with Gasteiger partial charge in [-0.25, -0.2) is 4.39 Å². The molecule has 0 aliphatic carbocycles. The molecule has 2 rings (SSSR count). The third-order valence-corrected chi connectivity index (χ3v) is 2.45. The molecular formula is C11H13FN4. The van der Waals surface area contributed by atoms with E-state index in [0.717, 1.165) is 5.69 Å². The second kappa shape index (κ2) is 4.40. The molecule has 2 aromatic rings. The van der Waals surface area contributed by atoms with Crippen LogP contribution in [-0.4, -0.2) is 14.8 Å². The highest BCUT2D eigenvalue weighted by Crippen LogP contribution is 2.19. The van der Waals surface area contributed by atoms with E-state index < -0.39 is 6.04 Å². The fraction of sp³-hybridized carbons (Fsp3) is 0.273. The third-order valence-electron chi connectivity index (χ3n) is 2.45. The first-order valence-corrected chi connectivity index (χ1v) is 5.11. The summed E-state index contributed by atoms with van der Waals surface area (Å²) < 4.78 is 15.2. The molecule has 4 nitrogen and oxygen atoms in total. The van der Waals surface area contributed by atoms with Crippen LogP contribution in [0.25, 0.3) is 0 Å². The Morgan fingerprint density at radius 2 is 2.25 bits per heavy atom. The Labute approximate surface area is 92.9 Å². The Balaban J connectivity index is 2.39. The van der Waals surface area contributed by atoms with Gasteiger partial charge in [0.2, 0.25) is 0 Å². The lowest BCUT2D eigenvalue weighted by atomic mass is 10.1. The molecule has 0 aliphatic heterocycles. The van der Waals surface area contributed by atoms with Crippen LogP contribution in [0.3, 0.4) is 0 Å². The first-order chi connectivity index (χ1) is 7.74. The van der Waals surface area contributed by atoms with Crippen molar-refractivity contribution >= 4 is 0 Å². The highest BCUT2D eigenvalue weighted by Gasteiger charge is 2.17. The molecule has 0 amide bonds. The van der Waals surface area contributed by atoms with Gasteiger partial charge in [0, 0.05) is 18.9 Å². The fourth-order valence-corrected chi connectivity index (χ4v) is 1.64. The van der Waals surface area contributed by atoms with Gasteiger partial charge < -0.3 is 5.73 Å². The summed E-state index contributed by atoms with van der Waals surface area (Å²) >= 11 is 0. The zero-order valence-corrected chi connectivity index (χ0v) is 8.97. The summed E-state index contributed by atoms with van der Waals surface area (Å²) in [5.74, 6) is -0.390. The predicted octanol–water partition coefficient (Wildman–Crippen LogP) is 1.49. The van der Waals surface area contributed by atoms with E-state index in [1.165, 1.54) is 12.3 Å². The summed E-state index contributed by atoms with van der Waals surface area (Å²) in [6.45, 7) is 2.66. The van der Waals surface area contributed by atoms with E-state index >= 15 is 0 Å². The number of pyridine rings is 1. The molecule has 1 unspecified atom stereocenters. The second-order valence-corrected chi connectivity index (χ2v) is 3.42. The molecule has 2 heterocycles. The van der Waals surface area contributed by atoms with Gasteiger partial charge in [0.15, 0.2) is 0 Å². The average molecular weight is 220 g/mol. The molecule has 0 spiro atoms. The van der Waals surface area contributed by atoms with Crippen molar-refractivity contribution in [3.05, 3.63) is 47.8 Å². The highest BCUT2D eigenvalue weighted by atomic mass is 19.1. The van der Waals surface area contributed by atoms with Crippen LogP contribution in [0, 0.1) is 5.82 Å². The van der Waals surface area contributed by atoms with E-state index in [1.54, 1.807) is 23.0 Å². The average Bonchev–Trinajstić information content (AvgIpc) is 2.77. The van der Waals surface area contributed by atoms with Crippen molar-refractivity contribution in [1.29, 1.82) is 0 Å². The van der Waals surface area contributed by atoms with Crippen molar-refractivity contribution < 1.29 is 4.39 Å². The number of hydrogen-bond donors (Lipinski definition) is 1. The molecule has 2 aromatic heterocycles. The minimum Gasteiger partial charge on any atom is -0.318 e. The van der Waals surface area contributed by atoms with Crippen LogP contribution in [0.2, 0.25) is 0 Å². The lowest BCUT2D eigenvalue weighted by Crippen LogP contribution is -2.19. The number of nitrogens with zero attached hydrogens (tertiary/aromatic N) is 3. The van der Waals surface area contributed by atoms with Crippen molar-refractivity contribution in [2.24, 2.45) is 5.73 Å². The van der Waals surface area contributed by atoms with Gasteiger partial charge in [-0.3, -0.25) is 9.67 Å². The number of aromatic nitrogens is 3. The SMILES string of the molecule is CCn1nccc1C(N)c1ncccc1F. The molecule has 0 saturated carbocycles. The summed E-state index contributed by atoms with van der Waals surface area (Å²) in [5, 5.41) is 4.10. The molecule has 0 aliphatic rings. The summed E-state index contributed by atoms with van der Waals surface area (Å²) in [6, 6.07) is 4.10. The molecule has 84 valence electrons. The van der Waals surface area contributed by atoms with Gasteiger partial charge in [-0.1, -0.05) is 0 Å². The van der Waals surface area contributed by atoms with E-state index in [-0.39, 0.29) is 11.5 Å². The van der Waals surface area contributed by atoms with Crippen LogP contribution < -0.4 is 5.73 Å². The number of rotatable bonds is 3. The fourth-order valence-electron chi connectivity index (χ4n) is 1.64. The number of halogens is 1. The lowest BCUT2D eigenvalue weighted by Gasteiger charge is -2.13. The molecule has 0 bridgehead atoms. The molecule has 0 aromatic carbocycles. The minimum atomic E-state index is -0.580. The topological polar surface area (TPSA) is 56.7 Å². The van der Waals surface area contributed by atoms with Gasteiger partial charge in [-0.2, -0.15) is 5.10 Å². The number of nitrogens with two attached hydrogens (primary N) is 1. The van der Waals surface area contributed by atoms with E-state index in [9.17, 15) is 4.39 Å². The molecule has 5 heteroatoms. The predicted molar refractivity (Wildman–Crippen MR) is 58.1 cm³/mol. The molecule has 1 atom stereocenters. The van der Waals surface area contributed by atoms with Gasteiger partial charge >= 0.3 is 0 Å². The Kier molecular flexibility index (Phi) is 2.96. The van der Waals surface area contributed by atoms with Gasteiger partial charge in [0.05, 0.1) is 17.4 Å². The molecule has 16 heavy (non-hydrogen) atoms. The second-order valence-electron chi connectivity index (χ2n) is 3.42. The Bertz CT molecular complexity index is 480. The zero-order chi connectivity index (χ0) is 11.5. The molecule has 0 saturated heterocycles. The van der Waals surface area contributed by atoms with Gasteiger partial charge in [-0.15, -0.1) is 0 Å². The van der Waals surface area contributed by atoms with Crippen molar-refractivity contribution in [3.63, 3.8) is 0 Å². The van der Waals surface area contributed by atoms with Crippen LogP contribution in [0.5, 0.6) is 0 Å². The van der Waals surface area contributed by atoms with Crippen LogP contribution in [-0.2, 0) is 6.54 Å². The van der Waals surface area contributed by atoms with Crippen molar-refractivity contribution in [2.75, 3.05) is 0 Å². The van der Waals surface area contributed by atoms with Crippen LogP contribution in [0.4, 0.5) is 4.39 Å². The summed E-state index contributed by atoms with van der Waals surface area (Å²) in [4.78, 5) is 3.97. The Morgan fingerprint density at radius 1 is 1.44 bits per heavy atom. The first-order valence-electron chi connectivity index (χ1n) is 5.11. The summed E-state index contributed by atoms with van der Waals surface area (Å²) in [7, 11) is 0. The van der Waals surface area contributed by atoms with Crippen molar-refractivity contribution in [2.45, 2.75) is 19.5 Å². The largest absolute Gasteiger partial charge is 0.318 e. The van der Waals surface area contributed by atoms with Gasteiger partial charge in [0.1, 0.15) is 5.82 Å². The molecule has 2 N–H and O–H groups in total. The maximum atomic E-state index is 13.5. The smallest absolute Gasteiger partial charge is 0.146 e. The molecular weight excluding hydrogens is 207 g/mol. The highest BCUT2D eigenvalue weighted by molar-refractivity contribution is 5.22. The minimum absolute atomic E-state index is 0.248. The van der Waals surface area contributed by atoms with E-state index in [0.29, 0.717) is 6.54 Å². The lowest BCUT2D eigenvalue weighted by molar-refractivity contribution is 0.556. The third kappa shape index (κ3) is 1.81. The van der Waals surface area contributed by atoms with Crippen LogP contribution >= 0.6 is 0 Å².